The maximum atomic E-state index is 6.53. The summed E-state index contributed by atoms with van der Waals surface area (Å²) < 4.78 is 12.8. The Morgan fingerprint density at radius 1 is 0.957 bits per heavy atom. The van der Waals surface area contributed by atoms with Crippen LogP contribution in [0.1, 0.15) is 37.3 Å². The van der Waals surface area contributed by atoms with E-state index < -0.39 is 0 Å². The van der Waals surface area contributed by atoms with Crippen molar-refractivity contribution in [1.82, 2.24) is 0 Å². The van der Waals surface area contributed by atoms with Crippen molar-refractivity contribution in [3.05, 3.63) is 71.8 Å². The average Bonchev–Trinajstić information content (AvgIpc) is 3.05. The van der Waals surface area contributed by atoms with E-state index in [0.29, 0.717) is 6.61 Å². The average molecular weight is 308 g/mol. The summed E-state index contributed by atoms with van der Waals surface area (Å²) in [5, 5.41) is 0. The molecule has 2 nitrogen and oxygen atoms in total. The minimum Gasteiger partial charge on any atom is -0.370 e. The zero-order valence-electron chi connectivity index (χ0n) is 13.7. The van der Waals surface area contributed by atoms with Gasteiger partial charge in [-0.25, -0.2) is 0 Å². The monoisotopic (exact) mass is 308 g/mol. The number of benzene rings is 2. The Labute approximate surface area is 138 Å². The second kappa shape index (κ2) is 5.77. The van der Waals surface area contributed by atoms with Gasteiger partial charge >= 0.3 is 0 Å². The van der Waals surface area contributed by atoms with Crippen molar-refractivity contribution in [2.45, 2.75) is 56.5 Å². The van der Waals surface area contributed by atoms with Crippen molar-refractivity contribution in [3.63, 3.8) is 0 Å². The molecule has 2 bridgehead atoms. The van der Waals surface area contributed by atoms with Gasteiger partial charge in [-0.2, -0.15) is 0 Å². The van der Waals surface area contributed by atoms with Gasteiger partial charge in [0.15, 0.2) is 0 Å². The summed E-state index contributed by atoms with van der Waals surface area (Å²) in [6, 6.07) is 21.1. The lowest BCUT2D eigenvalue weighted by Gasteiger charge is -2.30. The van der Waals surface area contributed by atoms with Crippen LogP contribution in [0.2, 0.25) is 0 Å². The van der Waals surface area contributed by atoms with Gasteiger partial charge in [-0.1, -0.05) is 60.7 Å². The fourth-order valence-corrected chi connectivity index (χ4v) is 4.17. The molecule has 2 saturated heterocycles. The Kier molecular flexibility index (Phi) is 3.74. The lowest BCUT2D eigenvalue weighted by Crippen LogP contribution is -2.37. The van der Waals surface area contributed by atoms with Crippen LogP contribution in [-0.4, -0.2) is 17.3 Å². The fraction of sp³-hybridized carbons (Fsp3) is 0.429. The normalized spacial score (nSPS) is 32.3. The van der Waals surface area contributed by atoms with E-state index >= 15 is 0 Å². The van der Waals surface area contributed by atoms with E-state index in [-0.39, 0.29) is 17.3 Å². The topological polar surface area (TPSA) is 18.5 Å². The zero-order chi connectivity index (χ0) is 15.8. The third-order valence-corrected chi connectivity index (χ3v) is 5.43. The molecule has 2 fully saturated rings. The van der Waals surface area contributed by atoms with Gasteiger partial charge in [0, 0.05) is 12.8 Å². The number of ether oxygens (including phenoxy) is 2. The highest BCUT2D eigenvalue weighted by atomic mass is 16.6. The predicted octanol–water partition coefficient (Wildman–Crippen LogP) is 4.53. The summed E-state index contributed by atoms with van der Waals surface area (Å²) in [4.78, 5) is 0. The van der Waals surface area contributed by atoms with Crippen LogP contribution in [0, 0.1) is 0 Å². The summed E-state index contributed by atoms with van der Waals surface area (Å²) in [6.45, 7) is 2.90. The molecular formula is C21H24O2. The molecule has 0 saturated carbocycles. The third kappa shape index (κ3) is 2.93. The Bertz CT molecular complexity index is 654. The zero-order valence-corrected chi connectivity index (χ0v) is 13.7. The first-order valence-electron chi connectivity index (χ1n) is 8.57. The lowest BCUT2D eigenvalue weighted by atomic mass is 9.78. The number of fused-ring (bicyclic) bond motifs is 2. The smallest absolute Gasteiger partial charge is 0.0925 e. The molecule has 0 unspecified atom stereocenters. The van der Waals surface area contributed by atoms with Gasteiger partial charge in [0.2, 0.25) is 0 Å². The van der Waals surface area contributed by atoms with Gasteiger partial charge in [0.1, 0.15) is 0 Å². The molecule has 0 aromatic heterocycles. The van der Waals surface area contributed by atoms with Crippen molar-refractivity contribution < 1.29 is 9.47 Å². The van der Waals surface area contributed by atoms with Crippen LogP contribution < -0.4 is 0 Å². The molecule has 0 amide bonds. The minimum atomic E-state index is -0.121. The standard InChI is InChI=1S/C21H24O2/c1-20-12-13-21(23-20,14-17-8-4-2-5-9-17)15-19(20)22-16-18-10-6-3-7-11-18/h2-11,19H,12-16H2,1H3/t19-,20-,21-/m1/s1. The molecular weight excluding hydrogens is 284 g/mol. The van der Waals surface area contributed by atoms with Crippen LogP contribution >= 0.6 is 0 Å². The van der Waals surface area contributed by atoms with E-state index in [4.69, 9.17) is 9.47 Å². The number of hydrogen-bond donors (Lipinski definition) is 0. The number of rotatable bonds is 5. The van der Waals surface area contributed by atoms with Gasteiger partial charge in [0.25, 0.3) is 0 Å². The maximum Gasteiger partial charge on any atom is 0.0925 e. The Morgan fingerprint density at radius 2 is 1.61 bits per heavy atom. The van der Waals surface area contributed by atoms with Crippen molar-refractivity contribution in [2.24, 2.45) is 0 Å². The predicted molar refractivity (Wildman–Crippen MR) is 91.2 cm³/mol. The SMILES string of the molecule is C[C@@]12CC[C@@](Cc3ccccc3)(C[C@H]1OCc1ccccc1)O2. The number of hydrogen-bond acceptors (Lipinski definition) is 2. The summed E-state index contributed by atoms with van der Waals surface area (Å²) in [5.41, 5.74) is 2.44. The molecule has 120 valence electrons. The molecule has 2 heteroatoms. The van der Waals surface area contributed by atoms with Gasteiger partial charge in [-0.15, -0.1) is 0 Å². The molecule has 2 aliphatic heterocycles. The van der Waals surface area contributed by atoms with Crippen LogP contribution in [-0.2, 0) is 22.5 Å². The second-order valence-corrected chi connectivity index (χ2v) is 7.25. The summed E-state index contributed by atoms with van der Waals surface area (Å²) >= 11 is 0. The van der Waals surface area contributed by atoms with Crippen molar-refractivity contribution >= 4 is 0 Å². The molecule has 3 atom stereocenters. The molecule has 0 radical (unpaired) electrons. The van der Waals surface area contributed by atoms with E-state index in [1.165, 1.54) is 11.1 Å². The van der Waals surface area contributed by atoms with E-state index in [0.717, 1.165) is 25.7 Å². The third-order valence-electron chi connectivity index (χ3n) is 5.43. The molecule has 2 aromatic carbocycles. The van der Waals surface area contributed by atoms with Gasteiger partial charge in [-0.05, 0) is 30.9 Å². The lowest BCUT2D eigenvalue weighted by molar-refractivity contribution is -0.0858. The molecule has 0 aliphatic carbocycles. The largest absolute Gasteiger partial charge is 0.370 e. The van der Waals surface area contributed by atoms with Crippen LogP contribution in [0.5, 0.6) is 0 Å². The quantitative estimate of drug-likeness (QED) is 0.808. The highest BCUT2D eigenvalue weighted by molar-refractivity contribution is 5.21. The molecule has 2 heterocycles. The molecule has 23 heavy (non-hydrogen) atoms. The molecule has 0 spiro atoms. The van der Waals surface area contributed by atoms with Crippen LogP contribution in [0.15, 0.2) is 60.7 Å². The first kappa shape index (κ1) is 14.9. The molecule has 4 rings (SSSR count). The highest BCUT2D eigenvalue weighted by Gasteiger charge is 2.59. The highest BCUT2D eigenvalue weighted by Crippen LogP contribution is 2.53. The van der Waals surface area contributed by atoms with Crippen molar-refractivity contribution in [3.8, 4) is 0 Å². The van der Waals surface area contributed by atoms with E-state index in [1.54, 1.807) is 0 Å². The molecule has 2 aromatic rings. The van der Waals surface area contributed by atoms with E-state index in [1.807, 2.05) is 6.07 Å². The van der Waals surface area contributed by atoms with Gasteiger partial charge in [0.05, 0.1) is 23.9 Å². The van der Waals surface area contributed by atoms with Gasteiger partial charge in [-0.3, -0.25) is 0 Å². The van der Waals surface area contributed by atoms with E-state index in [2.05, 4.69) is 61.5 Å². The summed E-state index contributed by atoms with van der Waals surface area (Å²) in [5.74, 6) is 0. The van der Waals surface area contributed by atoms with Crippen LogP contribution in [0.25, 0.3) is 0 Å². The van der Waals surface area contributed by atoms with Crippen molar-refractivity contribution in [2.75, 3.05) is 0 Å². The summed E-state index contributed by atoms with van der Waals surface area (Å²) in [6.07, 6.45) is 4.43. The Balaban J connectivity index is 1.45. The maximum absolute atomic E-state index is 6.53. The molecule has 0 N–H and O–H groups in total. The second-order valence-electron chi connectivity index (χ2n) is 7.25. The van der Waals surface area contributed by atoms with Crippen LogP contribution in [0.4, 0.5) is 0 Å². The van der Waals surface area contributed by atoms with E-state index in [9.17, 15) is 0 Å². The van der Waals surface area contributed by atoms with Crippen LogP contribution in [0.3, 0.4) is 0 Å². The first-order chi connectivity index (χ1) is 11.2. The summed E-state index contributed by atoms with van der Waals surface area (Å²) in [7, 11) is 0. The van der Waals surface area contributed by atoms with Crippen molar-refractivity contribution in [1.29, 1.82) is 0 Å². The molecule has 2 aliphatic rings. The van der Waals surface area contributed by atoms with Gasteiger partial charge < -0.3 is 9.47 Å². The first-order valence-corrected chi connectivity index (χ1v) is 8.57. The Morgan fingerprint density at radius 3 is 2.30 bits per heavy atom. The fourth-order valence-electron chi connectivity index (χ4n) is 4.17. The Hall–Kier alpha value is -1.64. The minimum absolute atomic E-state index is 0.0303.